The number of hydrogen-bond acceptors (Lipinski definition) is 3. The Morgan fingerprint density at radius 2 is 1.91 bits per heavy atom. The van der Waals surface area contributed by atoms with Crippen LogP contribution >= 0.6 is 11.6 Å². The van der Waals surface area contributed by atoms with E-state index < -0.39 is 6.04 Å². The van der Waals surface area contributed by atoms with Gasteiger partial charge in [0.1, 0.15) is 6.04 Å². The summed E-state index contributed by atoms with van der Waals surface area (Å²) in [6.45, 7) is 3.99. The zero-order chi connectivity index (χ0) is 16.6. The minimum absolute atomic E-state index is 0.138. The van der Waals surface area contributed by atoms with Gasteiger partial charge in [0.25, 0.3) is 5.91 Å². The molecule has 5 heteroatoms. The molecule has 1 atom stereocenters. The summed E-state index contributed by atoms with van der Waals surface area (Å²) in [7, 11) is 0. The number of benzene rings is 2. The van der Waals surface area contributed by atoms with Crippen LogP contribution in [0.2, 0.25) is 5.02 Å². The molecule has 23 heavy (non-hydrogen) atoms. The van der Waals surface area contributed by atoms with Gasteiger partial charge < -0.3 is 5.32 Å². The highest BCUT2D eigenvalue weighted by Gasteiger charge is 2.39. The number of amides is 2. The number of aryl methyl sites for hydroxylation is 2. The van der Waals surface area contributed by atoms with E-state index in [1.54, 1.807) is 24.3 Å². The van der Waals surface area contributed by atoms with Crippen molar-refractivity contribution in [2.75, 3.05) is 10.2 Å². The molecular weight excluding hydrogens is 312 g/mol. The first kappa shape index (κ1) is 15.6. The standard InChI is InChI=1S/C18H17ClN2O2/c1-11-6-7-15(12(2)8-11)20-16-10-17(22)21(18(16)23)14-5-3-4-13(19)9-14/h3-9,16,20H,10H2,1-2H3. The summed E-state index contributed by atoms with van der Waals surface area (Å²) in [5.74, 6) is -0.475. The fraction of sp³-hybridized carbons (Fsp3) is 0.222. The number of nitrogens with zero attached hydrogens (tertiary/aromatic N) is 1. The molecule has 1 aliphatic rings. The van der Waals surface area contributed by atoms with E-state index in [0.29, 0.717) is 10.7 Å². The van der Waals surface area contributed by atoms with E-state index in [9.17, 15) is 9.59 Å². The molecule has 1 heterocycles. The smallest absolute Gasteiger partial charge is 0.256 e. The number of nitrogens with one attached hydrogen (secondary N) is 1. The van der Waals surface area contributed by atoms with Gasteiger partial charge in [-0.15, -0.1) is 0 Å². The van der Waals surface area contributed by atoms with E-state index >= 15 is 0 Å². The second-order valence-electron chi connectivity index (χ2n) is 5.77. The lowest BCUT2D eigenvalue weighted by atomic mass is 10.1. The lowest BCUT2D eigenvalue weighted by molar-refractivity contribution is -0.121. The van der Waals surface area contributed by atoms with Crippen molar-refractivity contribution in [3.05, 3.63) is 58.6 Å². The van der Waals surface area contributed by atoms with Gasteiger partial charge >= 0.3 is 0 Å². The lowest BCUT2D eigenvalue weighted by Crippen LogP contribution is -2.34. The Kier molecular flexibility index (Phi) is 4.09. The van der Waals surface area contributed by atoms with Crippen LogP contribution in [0.5, 0.6) is 0 Å². The molecule has 2 aromatic carbocycles. The van der Waals surface area contributed by atoms with Gasteiger partial charge in [-0.3, -0.25) is 9.59 Å². The molecule has 3 rings (SSSR count). The topological polar surface area (TPSA) is 49.4 Å². The Hall–Kier alpha value is -2.33. The zero-order valence-electron chi connectivity index (χ0n) is 13.0. The van der Waals surface area contributed by atoms with Gasteiger partial charge in [0.05, 0.1) is 12.1 Å². The van der Waals surface area contributed by atoms with Crippen LogP contribution in [0.25, 0.3) is 0 Å². The molecule has 0 radical (unpaired) electrons. The predicted octanol–water partition coefficient (Wildman–Crippen LogP) is 3.70. The van der Waals surface area contributed by atoms with Crippen molar-refractivity contribution in [2.24, 2.45) is 0 Å². The first-order chi connectivity index (χ1) is 11.0. The summed E-state index contributed by atoms with van der Waals surface area (Å²) < 4.78 is 0. The lowest BCUT2D eigenvalue weighted by Gasteiger charge is -2.17. The van der Waals surface area contributed by atoms with Gasteiger partial charge in [-0.1, -0.05) is 35.4 Å². The van der Waals surface area contributed by atoms with Gasteiger partial charge in [0.15, 0.2) is 0 Å². The Morgan fingerprint density at radius 3 is 2.61 bits per heavy atom. The molecule has 0 bridgehead atoms. The minimum atomic E-state index is -0.553. The Labute approximate surface area is 140 Å². The first-order valence-corrected chi connectivity index (χ1v) is 7.79. The van der Waals surface area contributed by atoms with Crippen LogP contribution in [0, 0.1) is 13.8 Å². The number of anilines is 2. The molecule has 1 N–H and O–H groups in total. The van der Waals surface area contributed by atoms with E-state index in [2.05, 4.69) is 5.32 Å². The Balaban J connectivity index is 1.84. The maximum absolute atomic E-state index is 12.6. The zero-order valence-corrected chi connectivity index (χ0v) is 13.7. The molecule has 0 aromatic heterocycles. The van der Waals surface area contributed by atoms with Crippen molar-refractivity contribution in [3.8, 4) is 0 Å². The summed E-state index contributed by atoms with van der Waals surface area (Å²) in [5.41, 5.74) is 3.58. The van der Waals surface area contributed by atoms with E-state index in [4.69, 9.17) is 11.6 Å². The average molecular weight is 329 g/mol. The highest BCUT2D eigenvalue weighted by molar-refractivity contribution is 6.31. The van der Waals surface area contributed by atoms with Gasteiger partial charge in [-0.2, -0.15) is 0 Å². The van der Waals surface area contributed by atoms with Crippen molar-refractivity contribution >= 4 is 34.8 Å². The fourth-order valence-electron chi connectivity index (χ4n) is 2.79. The molecule has 2 aromatic rings. The number of carbonyl (C=O) groups excluding carboxylic acids is 2. The second-order valence-corrected chi connectivity index (χ2v) is 6.20. The quantitative estimate of drug-likeness (QED) is 0.874. The third-order valence-electron chi connectivity index (χ3n) is 3.92. The number of imide groups is 1. The summed E-state index contributed by atoms with van der Waals surface area (Å²) in [6.07, 6.45) is 0.138. The van der Waals surface area contributed by atoms with Gasteiger partial charge in [-0.05, 0) is 43.7 Å². The number of halogens is 1. The van der Waals surface area contributed by atoms with Crippen LogP contribution in [0.3, 0.4) is 0 Å². The molecule has 1 aliphatic heterocycles. The van der Waals surface area contributed by atoms with Crippen LogP contribution in [0.15, 0.2) is 42.5 Å². The van der Waals surface area contributed by atoms with Crippen molar-refractivity contribution < 1.29 is 9.59 Å². The number of hydrogen-bond donors (Lipinski definition) is 1. The molecule has 0 aliphatic carbocycles. The van der Waals surface area contributed by atoms with Gasteiger partial charge in [0, 0.05) is 10.7 Å². The van der Waals surface area contributed by atoms with E-state index in [-0.39, 0.29) is 18.2 Å². The molecule has 0 spiro atoms. The van der Waals surface area contributed by atoms with Crippen molar-refractivity contribution in [1.29, 1.82) is 0 Å². The highest BCUT2D eigenvalue weighted by atomic mass is 35.5. The van der Waals surface area contributed by atoms with Gasteiger partial charge in [-0.25, -0.2) is 4.90 Å². The van der Waals surface area contributed by atoms with E-state index in [1.807, 2.05) is 32.0 Å². The number of rotatable bonds is 3. The van der Waals surface area contributed by atoms with Crippen LogP contribution in [-0.2, 0) is 9.59 Å². The maximum Gasteiger partial charge on any atom is 0.256 e. The fourth-order valence-corrected chi connectivity index (χ4v) is 2.98. The molecule has 1 fully saturated rings. The van der Waals surface area contributed by atoms with Gasteiger partial charge in [0.2, 0.25) is 5.91 Å². The Morgan fingerprint density at radius 1 is 1.13 bits per heavy atom. The molecule has 1 saturated heterocycles. The van der Waals surface area contributed by atoms with Crippen LogP contribution in [0.4, 0.5) is 11.4 Å². The summed E-state index contributed by atoms with van der Waals surface area (Å²) in [5, 5.41) is 3.68. The molecule has 4 nitrogen and oxygen atoms in total. The largest absolute Gasteiger partial charge is 0.373 e. The van der Waals surface area contributed by atoms with Crippen molar-refractivity contribution in [3.63, 3.8) is 0 Å². The number of carbonyl (C=O) groups is 2. The van der Waals surface area contributed by atoms with Crippen LogP contribution in [-0.4, -0.2) is 17.9 Å². The summed E-state index contributed by atoms with van der Waals surface area (Å²) in [6, 6.07) is 12.2. The van der Waals surface area contributed by atoms with Crippen molar-refractivity contribution in [2.45, 2.75) is 26.3 Å². The molecule has 0 saturated carbocycles. The highest BCUT2D eigenvalue weighted by Crippen LogP contribution is 2.27. The van der Waals surface area contributed by atoms with Crippen LogP contribution in [0.1, 0.15) is 17.5 Å². The molecule has 118 valence electrons. The predicted molar refractivity (Wildman–Crippen MR) is 91.9 cm³/mol. The minimum Gasteiger partial charge on any atom is -0.373 e. The second kappa shape index (κ2) is 6.05. The van der Waals surface area contributed by atoms with E-state index in [0.717, 1.165) is 16.8 Å². The first-order valence-electron chi connectivity index (χ1n) is 7.42. The van der Waals surface area contributed by atoms with Crippen molar-refractivity contribution in [1.82, 2.24) is 0 Å². The Bertz CT molecular complexity index is 788. The monoisotopic (exact) mass is 328 g/mol. The maximum atomic E-state index is 12.6. The van der Waals surface area contributed by atoms with E-state index in [1.165, 1.54) is 4.90 Å². The molecular formula is C18H17ClN2O2. The SMILES string of the molecule is Cc1ccc(NC2CC(=O)N(c3cccc(Cl)c3)C2=O)c(C)c1. The third kappa shape index (κ3) is 3.08. The molecule has 1 unspecified atom stereocenters. The summed E-state index contributed by atoms with van der Waals surface area (Å²) in [4.78, 5) is 26.1. The summed E-state index contributed by atoms with van der Waals surface area (Å²) >= 11 is 5.96. The third-order valence-corrected chi connectivity index (χ3v) is 4.16. The average Bonchev–Trinajstić information content (AvgIpc) is 2.76. The molecule has 2 amide bonds. The normalized spacial score (nSPS) is 17.7. The van der Waals surface area contributed by atoms with Crippen LogP contribution < -0.4 is 10.2 Å².